The Morgan fingerprint density at radius 2 is 1.83 bits per heavy atom. The highest BCUT2D eigenvalue weighted by atomic mass is 16.5. The minimum atomic E-state index is 0.177. The van der Waals surface area contributed by atoms with Crippen molar-refractivity contribution >= 4 is 23.4 Å². The maximum Gasteiger partial charge on any atom is 0.150 e. The van der Waals surface area contributed by atoms with Crippen molar-refractivity contribution in [2.75, 3.05) is 29.9 Å². The quantitative estimate of drug-likeness (QED) is 0.444. The van der Waals surface area contributed by atoms with E-state index in [-0.39, 0.29) is 12.2 Å². The second kappa shape index (κ2) is 10.5. The normalized spacial score (nSPS) is 18.1. The maximum atomic E-state index is 11.9. The van der Waals surface area contributed by atoms with E-state index in [0.29, 0.717) is 11.1 Å². The number of hydrogen-bond donors (Lipinski definition) is 0. The van der Waals surface area contributed by atoms with Gasteiger partial charge in [-0.3, -0.25) is 4.79 Å². The third-order valence-corrected chi connectivity index (χ3v) is 6.21. The van der Waals surface area contributed by atoms with E-state index in [1.165, 1.54) is 0 Å². The molecule has 0 radical (unpaired) electrons. The summed E-state index contributed by atoms with van der Waals surface area (Å²) >= 11 is 0. The number of allylic oxidation sites excluding steroid dienone is 1. The third-order valence-electron chi connectivity index (χ3n) is 6.21. The van der Waals surface area contributed by atoms with Gasteiger partial charge in [-0.1, -0.05) is 30.3 Å². The zero-order chi connectivity index (χ0) is 24.9. The van der Waals surface area contributed by atoms with E-state index in [4.69, 9.17) is 15.0 Å². The summed E-state index contributed by atoms with van der Waals surface area (Å²) in [6, 6.07) is 19.4. The molecule has 6 nitrogen and oxygen atoms in total. The second-order valence-electron chi connectivity index (χ2n) is 9.04. The van der Waals surface area contributed by atoms with Crippen LogP contribution < -0.4 is 9.80 Å². The number of rotatable bonds is 6. The van der Waals surface area contributed by atoms with Gasteiger partial charge in [0, 0.05) is 31.9 Å². The third kappa shape index (κ3) is 5.42. The van der Waals surface area contributed by atoms with Crippen molar-refractivity contribution in [2.24, 2.45) is 0 Å². The Kier molecular flexibility index (Phi) is 7.28. The van der Waals surface area contributed by atoms with Gasteiger partial charge in [0.2, 0.25) is 0 Å². The van der Waals surface area contributed by atoms with Gasteiger partial charge < -0.3 is 14.5 Å². The molecule has 4 rings (SSSR count). The number of carbonyl (C=O) groups excluding carboxylic acids is 1. The molecule has 1 aromatic heterocycles. The molecule has 0 N–H and O–H groups in total. The molecule has 2 aromatic carbocycles. The van der Waals surface area contributed by atoms with Crippen molar-refractivity contribution in [3.8, 4) is 17.2 Å². The topological polar surface area (TPSA) is 69.5 Å². The van der Waals surface area contributed by atoms with Crippen molar-refractivity contribution in [1.82, 2.24) is 4.98 Å². The molecule has 1 aliphatic rings. The first-order chi connectivity index (χ1) is 16.9. The first kappa shape index (κ1) is 24.2. The molecule has 1 fully saturated rings. The van der Waals surface area contributed by atoms with E-state index in [1.54, 1.807) is 12.1 Å². The summed E-state index contributed by atoms with van der Waals surface area (Å²) in [4.78, 5) is 20.9. The number of anilines is 2. The van der Waals surface area contributed by atoms with E-state index in [0.717, 1.165) is 53.1 Å². The summed E-state index contributed by atoms with van der Waals surface area (Å²) in [6.07, 6.45) is 5.14. The first-order valence-corrected chi connectivity index (χ1v) is 11.8. The van der Waals surface area contributed by atoms with Gasteiger partial charge in [0.25, 0.3) is 0 Å². The van der Waals surface area contributed by atoms with Crippen LogP contribution in [0.2, 0.25) is 0 Å². The summed E-state index contributed by atoms with van der Waals surface area (Å²) in [6.45, 7) is 7.83. The minimum Gasteiger partial charge on any atom is -0.372 e. The van der Waals surface area contributed by atoms with Crippen LogP contribution >= 0.6 is 0 Å². The molecule has 35 heavy (non-hydrogen) atoms. The molecule has 0 amide bonds. The van der Waals surface area contributed by atoms with Crippen LogP contribution in [0, 0.1) is 11.3 Å². The molecule has 1 aliphatic heterocycles. The number of nitriles is 1. The van der Waals surface area contributed by atoms with Gasteiger partial charge in [0.15, 0.2) is 6.29 Å². The van der Waals surface area contributed by atoms with E-state index in [2.05, 4.69) is 30.9 Å². The van der Waals surface area contributed by atoms with E-state index in [9.17, 15) is 4.79 Å². The molecule has 2 heterocycles. The highest BCUT2D eigenvalue weighted by molar-refractivity contribution is 5.92. The molecular weight excluding hydrogens is 436 g/mol. The molecule has 6 heteroatoms. The van der Waals surface area contributed by atoms with Crippen molar-refractivity contribution < 1.29 is 9.53 Å². The SMILES string of the molecule is C/C(=C/N(C)c1ccc(N2C[C@@H](C)O[C@@H](C)C2)nc1)c1c(C=O)cccc1-c1ccc(C#N)cc1. The number of aromatic nitrogens is 1. The molecule has 0 saturated carbocycles. The summed E-state index contributed by atoms with van der Waals surface area (Å²) in [5.74, 6) is 0.944. The van der Waals surface area contributed by atoms with Crippen LogP contribution in [0.1, 0.15) is 42.3 Å². The van der Waals surface area contributed by atoms with E-state index in [1.807, 2.05) is 67.7 Å². The zero-order valence-corrected chi connectivity index (χ0v) is 20.6. The number of carbonyl (C=O) groups is 1. The lowest BCUT2D eigenvalue weighted by Gasteiger charge is -2.36. The Morgan fingerprint density at radius 3 is 2.43 bits per heavy atom. The number of hydrogen-bond acceptors (Lipinski definition) is 6. The van der Waals surface area contributed by atoms with Crippen LogP contribution in [0.5, 0.6) is 0 Å². The van der Waals surface area contributed by atoms with Gasteiger partial charge in [-0.25, -0.2) is 4.98 Å². The number of ether oxygens (including phenoxy) is 1. The van der Waals surface area contributed by atoms with Gasteiger partial charge in [-0.15, -0.1) is 0 Å². The molecule has 0 spiro atoms. The number of aldehydes is 1. The molecule has 0 bridgehead atoms. The zero-order valence-electron chi connectivity index (χ0n) is 20.6. The van der Waals surface area contributed by atoms with Crippen LogP contribution in [0.25, 0.3) is 16.7 Å². The van der Waals surface area contributed by atoms with Crippen LogP contribution in [0.15, 0.2) is 67.0 Å². The predicted molar refractivity (Wildman–Crippen MR) is 140 cm³/mol. The number of nitrogens with zero attached hydrogens (tertiary/aromatic N) is 4. The molecular formula is C29H30N4O2. The lowest BCUT2D eigenvalue weighted by molar-refractivity contribution is -0.00545. The van der Waals surface area contributed by atoms with Crippen LogP contribution in [0.3, 0.4) is 0 Å². The molecule has 0 unspecified atom stereocenters. The Hall–Kier alpha value is -3.95. The Balaban J connectivity index is 1.61. The first-order valence-electron chi connectivity index (χ1n) is 11.8. The molecule has 178 valence electrons. The van der Waals surface area contributed by atoms with Gasteiger partial charge in [-0.05, 0) is 67.3 Å². The van der Waals surface area contributed by atoms with E-state index < -0.39 is 0 Å². The van der Waals surface area contributed by atoms with Gasteiger partial charge in [-0.2, -0.15) is 5.26 Å². The number of morpholine rings is 1. The largest absolute Gasteiger partial charge is 0.372 e. The van der Waals surface area contributed by atoms with Crippen LogP contribution in [-0.2, 0) is 4.74 Å². The lowest BCUT2D eigenvalue weighted by atomic mass is 9.91. The molecule has 0 aliphatic carbocycles. The monoisotopic (exact) mass is 466 g/mol. The molecule has 3 aromatic rings. The Bertz CT molecular complexity index is 1250. The Labute approximate surface area is 207 Å². The van der Waals surface area contributed by atoms with Crippen molar-refractivity contribution in [3.63, 3.8) is 0 Å². The van der Waals surface area contributed by atoms with Crippen LogP contribution in [0.4, 0.5) is 11.5 Å². The van der Waals surface area contributed by atoms with Crippen LogP contribution in [-0.4, -0.2) is 43.6 Å². The standard InChI is InChI=1S/C29H30N4O2/c1-20(29-25(19-34)6-5-7-27(29)24-10-8-23(14-30)9-11-24)16-32(4)26-12-13-28(31-15-26)33-17-21(2)35-22(3)18-33/h5-13,15-16,19,21-22H,17-18H2,1-4H3/b20-16-/t21-,22+. The van der Waals surface area contributed by atoms with Gasteiger partial charge >= 0.3 is 0 Å². The van der Waals surface area contributed by atoms with Crippen molar-refractivity contribution in [2.45, 2.75) is 33.0 Å². The smallest absolute Gasteiger partial charge is 0.150 e. The summed E-state index contributed by atoms with van der Waals surface area (Å²) in [7, 11) is 1.98. The summed E-state index contributed by atoms with van der Waals surface area (Å²) in [5.41, 5.74) is 5.91. The minimum absolute atomic E-state index is 0.177. The summed E-state index contributed by atoms with van der Waals surface area (Å²) < 4.78 is 5.83. The molecule has 1 saturated heterocycles. The number of pyridine rings is 1. The number of benzene rings is 2. The Morgan fingerprint density at radius 1 is 1.11 bits per heavy atom. The average Bonchev–Trinajstić information content (AvgIpc) is 2.87. The predicted octanol–water partition coefficient (Wildman–Crippen LogP) is 5.54. The highest BCUT2D eigenvalue weighted by Gasteiger charge is 2.23. The fraction of sp³-hybridized carbons (Fsp3) is 0.276. The average molecular weight is 467 g/mol. The fourth-order valence-electron chi connectivity index (χ4n) is 4.64. The maximum absolute atomic E-state index is 11.9. The lowest BCUT2D eigenvalue weighted by Crippen LogP contribution is -2.45. The highest BCUT2D eigenvalue weighted by Crippen LogP contribution is 2.32. The van der Waals surface area contributed by atoms with Gasteiger partial charge in [0.1, 0.15) is 5.82 Å². The van der Waals surface area contributed by atoms with Gasteiger partial charge in [0.05, 0.1) is 35.7 Å². The van der Waals surface area contributed by atoms with E-state index >= 15 is 0 Å². The molecule has 2 atom stereocenters. The fourth-order valence-corrected chi connectivity index (χ4v) is 4.64. The summed E-state index contributed by atoms with van der Waals surface area (Å²) in [5, 5.41) is 9.12. The van der Waals surface area contributed by atoms with Crippen molar-refractivity contribution in [1.29, 1.82) is 5.26 Å². The second-order valence-corrected chi connectivity index (χ2v) is 9.04. The van der Waals surface area contributed by atoms with Crippen molar-refractivity contribution in [3.05, 3.63) is 83.7 Å².